The zero-order valence-electron chi connectivity index (χ0n) is 15.6. The lowest BCUT2D eigenvalue weighted by molar-refractivity contribution is -0.156. The van der Waals surface area contributed by atoms with Crippen LogP contribution in [-0.4, -0.2) is 37.5 Å². The molecule has 1 unspecified atom stereocenters. The third-order valence-corrected chi connectivity index (χ3v) is 4.41. The Hall–Kier alpha value is -3.45. The Bertz CT molecular complexity index is 952. The number of ether oxygens (including phenoxy) is 3. The summed E-state index contributed by atoms with van der Waals surface area (Å²) in [6.45, 7) is 0. The van der Waals surface area contributed by atoms with Gasteiger partial charge in [-0.3, -0.25) is 0 Å². The second-order valence-corrected chi connectivity index (χ2v) is 5.96. The third kappa shape index (κ3) is 3.16. The van der Waals surface area contributed by atoms with Gasteiger partial charge < -0.3 is 28.8 Å². The number of aliphatic hydroxyl groups is 1. The fraction of sp³-hybridized carbons (Fsp3) is 0.190. The zero-order valence-corrected chi connectivity index (χ0v) is 15.6. The average molecular weight is 384 g/mol. The molecule has 0 aliphatic heterocycles. The molecule has 28 heavy (non-hydrogen) atoms. The third-order valence-electron chi connectivity index (χ3n) is 4.41. The number of methoxy groups -OCH3 is 3. The summed E-state index contributed by atoms with van der Waals surface area (Å²) in [7, 11) is 4.24. The summed E-state index contributed by atoms with van der Waals surface area (Å²) in [5, 5.41) is 21.0. The van der Waals surface area contributed by atoms with E-state index in [1.807, 2.05) is 30.3 Å². The molecule has 0 amide bonds. The molecule has 0 radical (unpaired) electrons. The van der Waals surface area contributed by atoms with E-state index in [0.29, 0.717) is 5.76 Å². The van der Waals surface area contributed by atoms with Gasteiger partial charge in [-0.25, -0.2) is 4.79 Å². The molecule has 1 heterocycles. The zero-order chi connectivity index (χ0) is 20.3. The fourth-order valence-corrected chi connectivity index (χ4v) is 2.95. The molecule has 0 spiro atoms. The molecule has 0 fully saturated rings. The maximum absolute atomic E-state index is 12.1. The quantitative estimate of drug-likeness (QED) is 0.645. The normalized spacial score (nSPS) is 12.9. The lowest BCUT2D eigenvalue weighted by Gasteiger charge is -2.24. The van der Waals surface area contributed by atoms with Gasteiger partial charge in [-0.2, -0.15) is 0 Å². The van der Waals surface area contributed by atoms with E-state index in [9.17, 15) is 15.0 Å². The molecule has 0 bridgehead atoms. The molecular formula is C21H20O7. The molecule has 1 aromatic heterocycles. The van der Waals surface area contributed by atoms with Crippen molar-refractivity contribution in [2.24, 2.45) is 0 Å². The van der Waals surface area contributed by atoms with Crippen LogP contribution in [0, 0.1) is 0 Å². The molecule has 0 saturated carbocycles. The maximum atomic E-state index is 12.1. The number of hydrogen-bond acceptors (Lipinski definition) is 6. The number of hydrogen-bond donors (Lipinski definition) is 2. The Morgan fingerprint density at radius 2 is 1.54 bits per heavy atom. The number of carboxylic acids is 1. The van der Waals surface area contributed by atoms with Crippen molar-refractivity contribution >= 4 is 5.97 Å². The van der Waals surface area contributed by atoms with Crippen molar-refractivity contribution in [3.05, 3.63) is 65.9 Å². The van der Waals surface area contributed by atoms with Gasteiger partial charge in [0.15, 0.2) is 17.3 Å². The summed E-state index contributed by atoms with van der Waals surface area (Å²) < 4.78 is 21.5. The summed E-state index contributed by atoms with van der Waals surface area (Å²) in [5.74, 6) is -0.504. The minimum Gasteiger partial charge on any atom is -0.493 e. The highest BCUT2D eigenvalue weighted by Gasteiger charge is 2.44. The van der Waals surface area contributed by atoms with Crippen LogP contribution in [0.25, 0.3) is 11.3 Å². The van der Waals surface area contributed by atoms with Crippen molar-refractivity contribution in [3.63, 3.8) is 0 Å². The average Bonchev–Trinajstić information content (AvgIpc) is 3.23. The minimum atomic E-state index is -2.46. The summed E-state index contributed by atoms with van der Waals surface area (Å²) in [5.41, 5.74) is -1.70. The lowest BCUT2D eigenvalue weighted by Crippen LogP contribution is -2.36. The minimum absolute atomic E-state index is 0.00321. The molecule has 1 atom stereocenters. The lowest BCUT2D eigenvalue weighted by atomic mass is 9.90. The van der Waals surface area contributed by atoms with E-state index in [1.165, 1.54) is 39.5 Å². The van der Waals surface area contributed by atoms with Gasteiger partial charge in [0, 0.05) is 11.1 Å². The van der Waals surface area contributed by atoms with Gasteiger partial charge in [0.25, 0.3) is 0 Å². The molecule has 0 saturated heterocycles. The SMILES string of the molecule is COc1cc(C(O)(C(=O)O)c2ccc(-c3ccccc3)o2)cc(OC)c1OC. The van der Waals surface area contributed by atoms with Crippen LogP contribution in [-0.2, 0) is 10.4 Å². The largest absolute Gasteiger partial charge is 0.493 e. The first-order valence-electron chi connectivity index (χ1n) is 8.37. The summed E-state index contributed by atoms with van der Waals surface area (Å²) in [4.78, 5) is 12.1. The molecule has 0 aliphatic rings. The number of carbonyl (C=O) groups is 1. The molecule has 7 nitrogen and oxygen atoms in total. The van der Waals surface area contributed by atoms with E-state index in [0.717, 1.165) is 5.56 Å². The van der Waals surface area contributed by atoms with Gasteiger partial charge in [0.2, 0.25) is 11.4 Å². The van der Waals surface area contributed by atoms with E-state index in [4.69, 9.17) is 18.6 Å². The summed E-state index contributed by atoms with van der Waals surface area (Å²) in [6.07, 6.45) is 0. The smallest absolute Gasteiger partial charge is 0.348 e. The van der Waals surface area contributed by atoms with E-state index >= 15 is 0 Å². The van der Waals surface area contributed by atoms with Crippen molar-refractivity contribution < 1.29 is 33.6 Å². The number of furan rings is 1. The van der Waals surface area contributed by atoms with E-state index < -0.39 is 11.6 Å². The number of aliphatic carboxylic acids is 1. The van der Waals surface area contributed by atoms with Crippen LogP contribution in [0.15, 0.2) is 59.0 Å². The Labute approximate surface area is 161 Å². The molecule has 3 aromatic rings. The van der Waals surface area contributed by atoms with E-state index in [2.05, 4.69) is 0 Å². The van der Waals surface area contributed by atoms with Gasteiger partial charge in [-0.1, -0.05) is 30.3 Å². The van der Waals surface area contributed by atoms with Crippen molar-refractivity contribution in [2.75, 3.05) is 21.3 Å². The Morgan fingerprint density at radius 1 is 0.929 bits per heavy atom. The highest BCUT2D eigenvalue weighted by Crippen LogP contribution is 2.43. The van der Waals surface area contributed by atoms with Crippen LogP contribution >= 0.6 is 0 Å². The van der Waals surface area contributed by atoms with Gasteiger partial charge in [-0.05, 0) is 24.3 Å². The first-order chi connectivity index (χ1) is 13.4. The Morgan fingerprint density at radius 3 is 2.04 bits per heavy atom. The summed E-state index contributed by atoms with van der Waals surface area (Å²) in [6, 6.07) is 15.0. The van der Waals surface area contributed by atoms with Crippen LogP contribution < -0.4 is 14.2 Å². The maximum Gasteiger partial charge on any atom is 0.348 e. The summed E-state index contributed by atoms with van der Waals surface area (Å²) >= 11 is 0. The number of carboxylic acid groups (broad SMARTS) is 1. The molecule has 0 aliphatic carbocycles. The van der Waals surface area contributed by atoms with Crippen molar-refractivity contribution in [1.82, 2.24) is 0 Å². The second kappa shape index (κ2) is 7.66. The van der Waals surface area contributed by atoms with Crippen molar-refractivity contribution in [3.8, 4) is 28.6 Å². The molecule has 2 aromatic carbocycles. The van der Waals surface area contributed by atoms with Gasteiger partial charge in [-0.15, -0.1) is 0 Å². The first kappa shape index (κ1) is 19.3. The van der Waals surface area contributed by atoms with Gasteiger partial charge >= 0.3 is 5.97 Å². The molecule has 7 heteroatoms. The van der Waals surface area contributed by atoms with E-state index in [1.54, 1.807) is 6.07 Å². The van der Waals surface area contributed by atoms with Crippen molar-refractivity contribution in [2.45, 2.75) is 5.60 Å². The van der Waals surface area contributed by atoms with Gasteiger partial charge in [0.1, 0.15) is 5.76 Å². The van der Waals surface area contributed by atoms with Crippen LogP contribution in [0.5, 0.6) is 17.2 Å². The van der Waals surface area contributed by atoms with Crippen molar-refractivity contribution in [1.29, 1.82) is 0 Å². The highest BCUT2D eigenvalue weighted by atomic mass is 16.5. The van der Waals surface area contributed by atoms with Crippen LogP contribution in [0.1, 0.15) is 11.3 Å². The Balaban J connectivity index is 2.16. The van der Waals surface area contributed by atoms with Crippen LogP contribution in [0.3, 0.4) is 0 Å². The molecule has 2 N–H and O–H groups in total. The Kier molecular flexibility index (Phi) is 5.28. The fourth-order valence-electron chi connectivity index (χ4n) is 2.95. The number of benzene rings is 2. The standard InChI is InChI=1S/C21H20O7/c1-25-16-11-14(12-17(26-2)19(16)27-3)21(24,20(22)23)18-10-9-15(28-18)13-7-5-4-6-8-13/h4-12,24H,1-3H3,(H,22,23). The molecule has 3 rings (SSSR count). The number of rotatable bonds is 7. The molecular weight excluding hydrogens is 364 g/mol. The van der Waals surface area contributed by atoms with Gasteiger partial charge in [0.05, 0.1) is 21.3 Å². The second-order valence-electron chi connectivity index (χ2n) is 5.96. The predicted octanol–water partition coefficient (Wildman–Crippen LogP) is 3.29. The highest BCUT2D eigenvalue weighted by molar-refractivity contribution is 5.84. The molecule has 146 valence electrons. The monoisotopic (exact) mass is 384 g/mol. The van der Waals surface area contributed by atoms with E-state index in [-0.39, 0.29) is 28.6 Å². The van der Waals surface area contributed by atoms with Crippen LogP contribution in [0.4, 0.5) is 0 Å². The predicted molar refractivity (Wildman–Crippen MR) is 101 cm³/mol. The first-order valence-corrected chi connectivity index (χ1v) is 8.37. The van der Waals surface area contributed by atoms with Crippen LogP contribution in [0.2, 0.25) is 0 Å². The topological polar surface area (TPSA) is 98.4 Å².